The number of hydrogen-bond donors (Lipinski definition) is 1. The highest BCUT2D eigenvalue weighted by molar-refractivity contribution is 7.97. The Morgan fingerprint density at radius 2 is 1.75 bits per heavy atom. The van der Waals surface area contributed by atoms with Crippen molar-refractivity contribution >= 4 is 33.0 Å². The van der Waals surface area contributed by atoms with Crippen LogP contribution in [-0.4, -0.2) is 44.4 Å². The molecule has 2 amide bonds. The zero-order valence-electron chi connectivity index (χ0n) is 17.0. The Bertz CT molecular complexity index is 1070. The Morgan fingerprint density at radius 3 is 2.38 bits per heavy atom. The van der Waals surface area contributed by atoms with Crippen molar-refractivity contribution in [1.29, 1.82) is 0 Å². The van der Waals surface area contributed by atoms with Gasteiger partial charge in [0, 0.05) is 37.1 Å². The number of carbonyl (C=O) groups is 2. The molecule has 2 heterocycles. The van der Waals surface area contributed by atoms with E-state index in [9.17, 15) is 31.2 Å². The molecule has 2 fully saturated rings. The molecule has 1 unspecified atom stereocenters. The highest BCUT2D eigenvalue weighted by atomic mass is 32.2. The third kappa shape index (κ3) is 4.98. The Labute approximate surface area is 183 Å². The van der Waals surface area contributed by atoms with Gasteiger partial charge in [-0.15, -0.1) is 0 Å². The van der Waals surface area contributed by atoms with Gasteiger partial charge in [-0.3, -0.25) is 14.5 Å². The van der Waals surface area contributed by atoms with Crippen LogP contribution in [0.25, 0.3) is 0 Å². The number of piperidine rings is 1. The molecule has 0 aromatic heterocycles. The highest BCUT2D eigenvalue weighted by Crippen LogP contribution is 2.37. The van der Waals surface area contributed by atoms with Crippen LogP contribution in [-0.2, 0) is 14.6 Å². The molecule has 3 aliphatic rings. The van der Waals surface area contributed by atoms with Crippen molar-refractivity contribution in [1.82, 2.24) is 4.90 Å². The molecule has 0 bridgehead atoms. The number of nitrogens with zero attached hydrogens (tertiary/aromatic N) is 2. The largest absolute Gasteiger partial charge is 0.393 e. The molecule has 2 aliphatic heterocycles. The quantitative estimate of drug-likeness (QED) is 0.728. The number of hydrogen-bond acceptors (Lipinski definition) is 5. The van der Waals surface area contributed by atoms with Crippen LogP contribution in [0.3, 0.4) is 0 Å². The third-order valence-corrected chi connectivity index (χ3v) is 6.73. The second-order valence-corrected chi connectivity index (χ2v) is 9.92. The lowest BCUT2D eigenvalue weighted by Gasteiger charge is -2.36. The van der Waals surface area contributed by atoms with E-state index in [1.165, 1.54) is 23.1 Å². The lowest BCUT2D eigenvalue weighted by molar-refractivity contribution is -0.176. The van der Waals surface area contributed by atoms with Crippen LogP contribution in [0.4, 0.5) is 24.5 Å². The van der Waals surface area contributed by atoms with Gasteiger partial charge in [0.15, 0.2) is 9.84 Å². The molecule has 11 heteroatoms. The van der Waals surface area contributed by atoms with E-state index in [2.05, 4.69) is 5.32 Å². The molecule has 7 nitrogen and oxygen atoms in total. The lowest BCUT2D eigenvalue weighted by Crippen LogP contribution is -2.42. The van der Waals surface area contributed by atoms with Crippen LogP contribution in [0.5, 0.6) is 0 Å². The number of rotatable bonds is 4. The van der Waals surface area contributed by atoms with Crippen molar-refractivity contribution in [3.05, 3.63) is 47.0 Å². The van der Waals surface area contributed by atoms with Crippen molar-refractivity contribution in [3.8, 4) is 0 Å². The first-order valence-corrected chi connectivity index (χ1v) is 11.9. The van der Waals surface area contributed by atoms with Gasteiger partial charge in [-0.2, -0.15) is 13.2 Å². The fraction of sp³-hybridized carbons (Fsp3) is 0.429. The average molecular weight is 469 g/mol. The van der Waals surface area contributed by atoms with Gasteiger partial charge in [0.05, 0.1) is 28.0 Å². The predicted octanol–water partition coefficient (Wildman–Crippen LogP) is 3.63. The summed E-state index contributed by atoms with van der Waals surface area (Å²) < 4.78 is 63.2. The van der Waals surface area contributed by atoms with Crippen LogP contribution in [0.2, 0.25) is 0 Å². The number of amides is 2. The molecule has 1 aromatic carbocycles. The fourth-order valence-electron chi connectivity index (χ4n) is 3.78. The summed E-state index contributed by atoms with van der Waals surface area (Å²) in [6.45, 7) is 0.0246. The van der Waals surface area contributed by atoms with Crippen molar-refractivity contribution in [2.75, 3.05) is 23.3 Å². The molecule has 0 radical (unpaired) electrons. The smallest absolute Gasteiger partial charge is 0.370 e. The van der Waals surface area contributed by atoms with Crippen molar-refractivity contribution < 1.29 is 31.2 Å². The first-order chi connectivity index (χ1) is 15.0. The van der Waals surface area contributed by atoms with E-state index >= 15 is 0 Å². The minimum atomic E-state index is -4.35. The summed E-state index contributed by atoms with van der Waals surface area (Å²) >= 11 is 0. The Hall–Kier alpha value is -2.82. The topological polar surface area (TPSA) is 86.8 Å². The van der Waals surface area contributed by atoms with Gasteiger partial charge in [0.2, 0.25) is 5.91 Å². The molecule has 0 spiro atoms. The minimum absolute atomic E-state index is 0.0108. The van der Waals surface area contributed by atoms with Crippen molar-refractivity contribution in [3.63, 3.8) is 0 Å². The van der Waals surface area contributed by atoms with E-state index in [1.54, 1.807) is 0 Å². The van der Waals surface area contributed by atoms with Crippen LogP contribution < -0.4 is 10.2 Å². The maximum absolute atomic E-state index is 13.4. The number of nitrogens with one attached hydrogen (secondary N) is 1. The van der Waals surface area contributed by atoms with Gasteiger partial charge >= 0.3 is 6.18 Å². The number of halogens is 3. The summed E-state index contributed by atoms with van der Waals surface area (Å²) in [7, 11) is -3.55. The van der Waals surface area contributed by atoms with Crippen LogP contribution in [0, 0.1) is 11.8 Å². The summed E-state index contributed by atoms with van der Waals surface area (Å²) in [4.78, 5) is 27.8. The summed E-state index contributed by atoms with van der Waals surface area (Å²) in [5, 5.41) is 4.50. The van der Waals surface area contributed by atoms with Gasteiger partial charge < -0.3 is 10.2 Å². The Morgan fingerprint density at radius 1 is 1.06 bits per heavy atom. The molecule has 32 heavy (non-hydrogen) atoms. The minimum Gasteiger partial charge on any atom is -0.370 e. The molecular weight excluding hydrogens is 447 g/mol. The monoisotopic (exact) mass is 469 g/mol. The SMILES string of the molecule is O=C(Nc1ccc(C(=O)N2C=CS(=O)(=O)C=C2)c(N2CCCC(C(F)(F)F)C2)c1)C1CC1. The molecule has 1 saturated heterocycles. The molecule has 1 N–H and O–H groups in total. The molecule has 1 aliphatic carbocycles. The summed E-state index contributed by atoms with van der Waals surface area (Å²) in [6.07, 6.45) is -0.253. The predicted molar refractivity (Wildman–Crippen MR) is 112 cm³/mol. The summed E-state index contributed by atoms with van der Waals surface area (Å²) in [6, 6.07) is 4.48. The number of alkyl halides is 3. The number of benzene rings is 1. The molecule has 1 saturated carbocycles. The number of sulfone groups is 1. The van der Waals surface area contributed by atoms with Crippen LogP contribution in [0.15, 0.2) is 41.4 Å². The molecular formula is C21H22F3N3O4S. The maximum Gasteiger partial charge on any atom is 0.393 e. The fourth-order valence-corrected chi connectivity index (χ4v) is 4.47. The lowest BCUT2D eigenvalue weighted by atomic mass is 9.96. The van der Waals surface area contributed by atoms with Gasteiger partial charge in [-0.05, 0) is 43.9 Å². The first kappa shape index (κ1) is 22.4. The van der Waals surface area contributed by atoms with E-state index in [-0.39, 0.29) is 36.0 Å². The second kappa shape index (κ2) is 8.27. The Kier molecular flexibility index (Phi) is 5.78. The van der Waals surface area contributed by atoms with E-state index in [0.29, 0.717) is 18.7 Å². The molecule has 4 rings (SSSR count). The van der Waals surface area contributed by atoms with Crippen LogP contribution in [0.1, 0.15) is 36.0 Å². The van der Waals surface area contributed by atoms with E-state index in [4.69, 9.17) is 0 Å². The zero-order chi connectivity index (χ0) is 23.1. The number of anilines is 2. The van der Waals surface area contributed by atoms with E-state index < -0.39 is 27.8 Å². The maximum atomic E-state index is 13.4. The van der Waals surface area contributed by atoms with Crippen LogP contribution >= 0.6 is 0 Å². The molecule has 1 atom stereocenters. The van der Waals surface area contributed by atoms with E-state index in [0.717, 1.165) is 41.0 Å². The summed E-state index contributed by atoms with van der Waals surface area (Å²) in [5.41, 5.74) is 0.786. The molecule has 172 valence electrons. The van der Waals surface area contributed by atoms with Gasteiger partial charge in [-0.25, -0.2) is 8.42 Å². The second-order valence-electron chi connectivity index (χ2n) is 8.19. The summed E-state index contributed by atoms with van der Waals surface area (Å²) in [5.74, 6) is -2.33. The van der Waals surface area contributed by atoms with Crippen molar-refractivity contribution in [2.45, 2.75) is 31.9 Å². The highest BCUT2D eigenvalue weighted by Gasteiger charge is 2.42. The zero-order valence-corrected chi connectivity index (χ0v) is 17.8. The molecule has 1 aromatic rings. The normalized spacial score (nSPS) is 22.7. The number of carbonyl (C=O) groups excluding carboxylic acids is 2. The van der Waals surface area contributed by atoms with Gasteiger partial charge in [0.25, 0.3) is 5.91 Å². The van der Waals surface area contributed by atoms with E-state index in [1.807, 2.05) is 0 Å². The van der Waals surface area contributed by atoms with Gasteiger partial charge in [0.1, 0.15) is 0 Å². The standard InChI is InChI=1S/C21H22F3N3O4S/c22-21(23,24)15-2-1-7-27(13-15)18-12-16(25-19(28)14-3-4-14)5-6-17(18)20(29)26-8-10-32(30,31)11-9-26/h5-6,8-12,14-15H,1-4,7,13H2,(H,25,28). The Balaban J connectivity index is 1.66. The first-order valence-electron chi connectivity index (χ1n) is 10.2. The van der Waals surface area contributed by atoms with Gasteiger partial charge in [-0.1, -0.05) is 0 Å². The van der Waals surface area contributed by atoms with Crippen molar-refractivity contribution in [2.24, 2.45) is 11.8 Å². The average Bonchev–Trinajstić information content (AvgIpc) is 3.58. The third-order valence-electron chi connectivity index (χ3n) is 5.73.